The summed E-state index contributed by atoms with van der Waals surface area (Å²) in [5.41, 5.74) is 0. The number of carbonyl (C=O) groups is 1. The molecule has 1 heterocycles. The fourth-order valence-corrected chi connectivity index (χ4v) is 1.73. The van der Waals surface area contributed by atoms with E-state index in [4.69, 9.17) is 0 Å². The third kappa shape index (κ3) is 3.18. The molecular weight excluding hydrogens is 178 g/mol. The zero-order valence-corrected chi connectivity index (χ0v) is 9.49. The number of carbonyl (C=O) groups excluding carboxylic acids is 1. The Kier molecular flexibility index (Phi) is 4.20. The van der Waals surface area contributed by atoms with Crippen LogP contribution in [0.25, 0.3) is 0 Å². The van der Waals surface area contributed by atoms with Gasteiger partial charge < -0.3 is 14.7 Å². The average Bonchev–Trinajstić information content (AvgIpc) is 2.65. The van der Waals surface area contributed by atoms with E-state index in [1.54, 1.807) is 23.9 Å². The van der Waals surface area contributed by atoms with E-state index in [-0.39, 0.29) is 6.03 Å². The average molecular weight is 199 g/mol. The van der Waals surface area contributed by atoms with Crippen molar-refractivity contribution in [2.24, 2.45) is 0 Å². The highest BCUT2D eigenvalue weighted by molar-refractivity contribution is 5.73. The predicted molar refractivity (Wildman–Crippen MR) is 57.4 cm³/mol. The maximum absolute atomic E-state index is 11.5. The summed E-state index contributed by atoms with van der Waals surface area (Å²) in [6, 6.07) is 0.0872. The minimum Gasteiger partial charge on any atom is -0.331 e. The molecule has 0 N–H and O–H groups in total. The molecule has 0 atom stereocenters. The number of urea groups is 1. The van der Waals surface area contributed by atoms with Crippen LogP contribution >= 0.6 is 0 Å². The summed E-state index contributed by atoms with van der Waals surface area (Å²) in [7, 11) is 5.43. The molecule has 1 saturated heterocycles. The van der Waals surface area contributed by atoms with Crippen LogP contribution in [0.1, 0.15) is 12.8 Å². The van der Waals surface area contributed by atoms with Gasteiger partial charge in [0.1, 0.15) is 0 Å². The van der Waals surface area contributed by atoms with Crippen molar-refractivity contribution in [2.75, 3.05) is 47.3 Å². The Morgan fingerprint density at radius 2 is 1.79 bits per heavy atom. The first-order valence-electron chi connectivity index (χ1n) is 5.26. The molecule has 1 aliphatic rings. The molecule has 0 spiro atoms. The van der Waals surface area contributed by atoms with Crippen molar-refractivity contribution in [3.05, 3.63) is 0 Å². The van der Waals surface area contributed by atoms with Gasteiger partial charge in [-0.05, 0) is 25.9 Å². The Hall–Kier alpha value is -0.770. The Bertz CT molecular complexity index is 188. The Labute approximate surface area is 86.5 Å². The topological polar surface area (TPSA) is 26.8 Å². The zero-order chi connectivity index (χ0) is 10.6. The van der Waals surface area contributed by atoms with Crippen LogP contribution in [-0.2, 0) is 0 Å². The van der Waals surface area contributed by atoms with E-state index < -0.39 is 0 Å². The quantitative estimate of drug-likeness (QED) is 0.669. The zero-order valence-electron chi connectivity index (χ0n) is 9.49. The second-order valence-electron chi connectivity index (χ2n) is 4.15. The van der Waals surface area contributed by atoms with Crippen LogP contribution in [0.2, 0.25) is 0 Å². The lowest BCUT2D eigenvalue weighted by Gasteiger charge is -2.24. The fraction of sp³-hybridized carbons (Fsp3) is 0.900. The summed E-state index contributed by atoms with van der Waals surface area (Å²) >= 11 is 0. The molecule has 14 heavy (non-hydrogen) atoms. The van der Waals surface area contributed by atoms with E-state index in [0.717, 1.165) is 13.1 Å². The number of nitrogens with zero attached hydrogens (tertiary/aromatic N) is 3. The maximum Gasteiger partial charge on any atom is 0.319 e. The van der Waals surface area contributed by atoms with Crippen LogP contribution in [0.15, 0.2) is 0 Å². The van der Waals surface area contributed by atoms with Crippen molar-refractivity contribution >= 4 is 6.03 Å². The van der Waals surface area contributed by atoms with Gasteiger partial charge in [0.05, 0.1) is 0 Å². The van der Waals surface area contributed by atoms with Gasteiger partial charge in [-0.3, -0.25) is 0 Å². The van der Waals surface area contributed by atoms with Crippen LogP contribution in [-0.4, -0.2) is 68.1 Å². The number of rotatable bonds is 3. The number of likely N-dealkylation sites (tertiary alicyclic amines) is 1. The first kappa shape index (κ1) is 11.3. The number of amides is 2. The van der Waals surface area contributed by atoms with Gasteiger partial charge in [0.2, 0.25) is 0 Å². The van der Waals surface area contributed by atoms with Gasteiger partial charge >= 0.3 is 6.03 Å². The van der Waals surface area contributed by atoms with Crippen LogP contribution in [0.4, 0.5) is 4.79 Å². The van der Waals surface area contributed by atoms with Gasteiger partial charge in [-0.2, -0.15) is 0 Å². The molecular formula is C10H21N3O. The van der Waals surface area contributed by atoms with E-state index in [0.29, 0.717) is 0 Å². The molecule has 4 nitrogen and oxygen atoms in total. The van der Waals surface area contributed by atoms with Gasteiger partial charge in [-0.25, -0.2) is 4.79 Å². The highest BCUT2D eigenvalue weighted by Crippen LogP contribution is 2.06. The Morgan fingerprint density at radius 1 is 1.21 bits per heavy atom. The third-order valence-corrected chi connectivity index (χ3v) is 2.66. The first-order chi connectivity index (χ1) is 6.61. The molecule has 1 aliphatic heterocycles. The highest BCUT2D eigenvalue weighted by Gasteiger charge is 2.14. The SMILES string of the molecule is CN(C)C(=O)N(C)CCN1CCCC1. The van der Waals surface area contributed by atoms with Crippen molar-refractivity contribution in [3.63, 3.8) is 0 Å². The van der Waals surface area contributed by atoms with E-state index >= 15 is 0 Å². The summed E-state index contributed by atoms with van der Waals surface area (Å²) in [4.78, 5) is 17.3. The fourth-order valence-electron chi connectivity index (χ4n) is 1.73. The van der Waals surface area contributed by atoms with Crippen molar-refractivity contribution in [3.8, 4) is 0 Å². The Balaban J connectivity index is 2.19. The highest BCUT2D eigenvalue weighted by atomic mass is 16.2. The molecule has 0 bridgehead atoms. The predicted octanol–water partition coefficient (Wildman–Crippen LogP) is 0.696. The molecule has 0 saturated carbocycles. The second-order valence-corrected chi connectivity index (χ2v) is 4.15. The normalized spacial score (nSPS) is 17.1. The standard InChI is InChI=1S/C10H21N3O/c1-11(2)10(14)12(3)8-9-13-6-4-5-7-13/h4-9H2,1-3H3. The molecule has 1 rings (SSSR count). The van der Waals surface area contributed by atoms with Crippen molar-refractivity contribution < 1.29 is 4.79 Å². The van der Waals surface area contributed by atoms with Crippen LogP contribution in [0.3, 0.4) is 0 Å². The molecule has 2 amide bonds. The van der Waals surface area contributed by atoms with E-state index in [9.17, 15) is 4.79 Å². The van der Waals surface area contributed by atoms with Crippen molar-refractivity contribution in [1.29, 1.82) is 0 Å². The monoisotopic (exact) mass is 199 g/mol. The summed E-state index contributed by atoms with van der Waals surface area (Å²) in [6.45, 7) is 4.24. The number of likely N-dealkylation sites (N-methyl/N-ethyl adjacent to an activating group) is 1. The Morgan fingerprint density at radius 3 is 2.29 bits per heavy atom. The first-order valence-corrected chi connectivity index (χ1v) is 5.26. The molecule has 4 heteroatoms. The molecule has 82 valence electrons. The summed E-state index contributed by atoms with van der Waals surface area (Å²) < 4.78 is 0. The van der Waals surface area contributed by atoms with Crippen LogP contribution < -0.4 is 0 Å². The molecule has 0 aromatic carbocycles. The molecule has 0 aliphatic carbocycles. The minimum absolute atomic E-state index is 0.0872. The largest absolute Gasteiger partial charge is 0.331 e. The van der Waals surface area contributed by atoms with Crippen molar-refractivity contribution in [2.45, 2.75) is 12.8 Å². The summed E-state index contributed by atoms with van der Waals surface area (Å²) in [5, 5.41) is 0. The molecule has 1 fully saturated rings. The molecule has 0 aromatic heterocycles. The van der Waals surface area contributed by atoms with Crippen molar-refractivity contribution in [1.82, 2.24) is 14.7 Å². The minimum atomic E-state index is 0.0872. The van der Waals surface area contributed by atoms with Gasteiger partial charge in [0.25, 0.3) is 0 Å². The van der Waals surface area contributed by atoms with Crippen LogP contribution in [0, 0.1) is 0 Å². The van der Waals surface area contributed by atoms with Gasteiger partial charge in [-0.1, -0.05) is 0 Å². The maximum atomic E-state index is 11.5. The van der Waals surface area contributed by atoms with Crippen LogP contribution in [0.5, 0.6) is 0 Å². The summed E-state index contributed by atoms with van der Waals surface area (Å²) in [6.07, 6.45) is 2.62. The molecule has 0 aromatic rings. The van der Waals surface area contributed by atoms with E-state index in [1.165, 1.54) is 25.9 Å². The molecule has 0 radical (unpaired) electrons. The smallest absolute Gasteiger partial charge is 0.319 e. The number of hydrogen-bond acceptors (Lipinski definition) is 2. The lowest BCUT2D eigenvalue weighted by molar-refractivity contribution is 0.175. The second kappa shape index (κ2) is 5.20. The number of hydrogen-bond donors (Lipinski definition) is 0. The van der Waals surface area contributed by atoms with Gasteiger partial charge in [0, 0.05) is 34.2 Å². The van der Waals surface area contributed by atoms with Gasteiger partial charge in [0.15, 0.2) is 0 Å². The lowest BCUT2D eigenvalue weighted by atomic mass is 10.4. The summed E-state index contributed by atoms with van der Waals surface area (Å²) in [5.74, 6) is 0. The van der Waals surface area contributed by atoms with E-state index in [1.807, 2.05) is 7.05 Å². The third-order valence-electron chi connectivity index (χ3n) is 2.66. The lowest BCUT2D eigenvalue weighted by Crippen LogP contribution is -2.40. The van der Waals surface area contributed by atoms with E-state index in [2.05, 4.69) is 4.90 Å². The van der Waals surface area contributed by atoms with Gasteiger partial charge in [-0.15, -0.1) is 0 Å². The molecule has 0 unspecified atom stereocenters.